The quantitative estimate of drug-likeness (QED) is 0.556. The lowest BCUT2D eigenvalue weighted by atomic mass is 10.1. The minimum absolute atomic E-state index is 0.217. The highest BCUT2D eigenvalue weighted by atomic mass is 16.3. The van der Waals surface area contributed by atoms with Crippen LogP contribution in [0.25, 0.3) is 0 Å². The van der Waals surface area contributed by atoms with Crippen molar-refractivity contribution in [1.29, 1.82) is 0 Å². The molecular formula is C9H20N2O. The van der Waals surface area contributed by atoms with Gasteiger partial charge in [0.1, 0.15) is 0 Å². The topological polar surface area (TPSA) is 58.3 Å². The Balaban J connectivity index is 2.21. The lowest BCUT2D eigenvalue weighted by Gasteiger charge is -2.22. The molecule has 0 aromatic rings. The summed E-state index contributed by atoms with van der Waals surface area (Å²) >= 11 is 0. The molecule has 1 aliphatic carbocycles. The largest absolute Gasteiger partial charge is 0.393 e. The average molecular weight is 172 g/mol. The van der Waals surface area contributed by atoms with Gasteiger partial charge < -0.3 is 16.2 Å². The van der Waals surface area contributed by atoms with Gasteiger partial charge in [-0.2, -0.15) is 0 Å². The van der Waals surface area contributed by atoms with Crippen LogP contribution in [-0.4, -0.2) is 29.3 Å². The van der Waals surface area contributed by atoms with Gasteiger partial charge in [-0.05, 0) is 33.1 Å². The Morgan fingerprint density at radius 3 is 2.42 bits per heavy atom. The van der Waals surface area contributed by atoms with Crippen molar-refractivity contribution in [1.82, 2.24) is 5.32 Å². The van der Waals surface area contributed by atoms with E-state index in [-0.39, 0.29) is 11.6 Å². The van der Waals surface area contributed by atoms with Crippen molar-refractivity contribution in [2.24, 2.45) is 5.73 Å². The van der Waals surface area contributed by atoms with Gasteiger partial charge in [0.25, 0.3) is 0 Å². The van der Waals surface area contributed by atoms with E-state index < -0.39 is 0 Å². The Morgan fingerprint density at radius 2 is 2.08 bits per heavy atom. The van der Waals surface area contributed by atoms with E-state index in [2.05, 4.69) is 12.2 Å². The fraction of sp³-hybridized carbons (Fsp3) is 1.00. The summed E-state index contributed by atoms with van der Waals surface area (Å²) in [6.07, 6.45) is 2.96. The molecule has 0 heterocycles. The van der Waals surface area contributed by atoms with Gasteiger partial charge in [0.2, 0.25) is 0 Å². The van der Waals surface area contributed by atoms with Gasteiger partial charge >= 0.3 is 0 Å². The van der Waals surface area contributed by atoms with E-state index in [0.29, 0.717) is 6.04 Å². The second kappa shape index (κ2) is 3.73. The van der Waals surface area contributed by atoms with E-state index in [4.69, 9.17) is 10.8 Å². The van der Waals surface area contributed by atoms with Crippen molar-refractivity contribution in [3.8, 4) is 0 Å². The van der Waals surface area contributed by atoms with Crippen molar-refractivity contribution in [2.45, 2.75) is 50.8 Å². The SMILES string of the molecule is CC(O)CC(C)NC1(CN)CC1. The van der Waals surface area contributed by atoms with Crippen LogP contribution in [-0.2, 0) is 0 Å². The van der Waals surface area contributed by atoms with Gasteiger partial charge in [0.15, 0.2) is 0 Å². The van der Waals surface area contributed by atoms with Crippen LogP contribution < -0.4 is 11.1 Å². The highest BCUT2D eigenvalue weighted by Gasteiger charge is 2.41. The molecule has 1 fully saturated rings. The van der Waals surface area contributed by atoms with Crippen LogP contribution in [0.5, 0.6) is 0 Å². The van der Waals surface area contributed by atoms with Crippen LogP contribution in [0.3, 0.4) is 0 Å². The number of hydrogen-bond donors (Lipinski definition) is 3. The molecule has 3 heteroatoms. The predicted molar refractivity (Wildman–Crippen MR) is 49.9 cm³/mol. The summed E-state index contributed by atoms with van der Waals surface area (Å²) < 4.78 is 0. The minimum atomic E-state index is -0.221. The molecule has 0 radical (unpaired) electrons. The smallest absolute Gasteiger partial charge is 0.0526 e. The number of aliphatic hydroxyl groups is 1. The van der Waals surface area contributed by atoms with Crippen molar-refractivity contribution >= 4 is 0 Å². The van der Waals surface area contributed by atoms with E-state index in [1.54, 1.807) is 0 Å². The zero-order valence-electron chi connectivity index (χ0n) is 8.01. The van der Waals surface area contributed by atoms with Crippen LogP contribution in [0.2, 0.25) is 0 Å². The van der Waals surface area contributed by atoms with E-state index in [9.17, 15) is 0 Å². The third-order valence-corrected chi connectivity index (χ3v) is 2.49. The Morgan fingerprint density at radius 1 is 1.50 bits per heavy atom. The molecule has 0 bridgehead atoms. The first kappa shape index (κ1) is 9.96. The Hall–Kier alpha value is -0.120. The standard InChI is InChI=1S/C9H20N2O/c1-7(5-8(2)12)11-9(6-10)3-4-9/h7-8,11-12H,3-6,10H2,1-2H3. The lowest BCUT2D eigenvalue weighted by molar-refractivity contribution is 0.167. The molecule has 0 saturated heterocycles. The minimum Gasteiger partial charge on any atom is -0.393 e. The first-order valence-corrected chi connectivity index (χ1v) is 4.74. The molecule has 0 spiro atoms. The highest BCUT2D eigenvalue weighted by Crippen LogP contribution is 2.34. The van der Waals surface area contributed by atoms with Gasteiger partial charge in [0.05, 0.1) is 6.10 Å². The average Bonchev–Trinajstić information content (AvgIpc) is 2.67. The van der Waals surface area contributed by atoms with E-state index in [1.165, 1.54) is 12.8 Å². The maximum absolute atomic E-state index is 9.14. The molecule has 4 N–H and O–H groups in total. The molecule has 12 heavy (non-hydrogen) atoms. The Bertz CT molecular complexity index is 143. The van der Waals surface area contributed by atoms with Crippen molar-refractivity contribution in [2.75, 3.05) is 6.54 Å². The molecule has 0 amide bonds. The molecule has 2 unspecified atom stereocenters. The summed E-state index contributed by atoms with van der Waals surface area (Å²) in [7, 11) is 0. The number of aliphatic hydroxyl groups excluding tert-OH is 1. The van der Waals surface area contributed by atoms with Crippen LogP contribution >= 0.6 is 0 Å². The van der Waals surface area contributed by atoms with Gasteiger partial charge in [-0.25, -0.2) is 0 Å². The zero-order chi connectivity index (χ0) is 9.19. The molecule has 3 nitrogen and oxygen atoms in total. The summed E-state index contributed by atoms with van der Waals surface area (Å²) in [5.74, 6) is 0. The monoisotopic (exact) mass is 172 g/mol. The zero-order valence-corrected chi connectivity index (χ0v) is 8.01. The van der Waals surface area contributed by atoms with Crippen molar-refractivity contribution in [3.63, 3.8) is 0 Å². The summed E-state index contributed by atoms with van der Waals surface area (Å²) in [6.45, 7) is 4.64. The highest BCUT2D eigenvalue weighted by molar-refractivity contribution is 5.03. The maximum Gasteiger partial charge on any atom is 0.0526 e. The molecule has 0 aromatic heterocycles. The predicted octanol–water partition coefficient (Wildman–Crippen LogP) is 0.227. The Labute approximate surface area is 74.3 Å². The van der Waals surface area contributed by atoms with E-state index in [1.807, 2.05) is 6.92 Å². The second-order valence-corrected chi connectivity index (χ2v) is 4.11. The summed E-state index contributed by atoms with van der Waals surface area (Å²) in [5.41, 5.74) is 5.84. The molecular weight excluding hydrogens is 152 g/mol. The summed E-state index contributed by atoms with van der Waals surface area (Å²) in [5, 5.41) is 12.6. The van der Waals surface area contributed by atoms with Crippen molar-refractivity contribution in [3.05, 3.63) is 0 Å². The fourth-order valence-electron chi connectivity index (χ4n) is 1.65. The van der Waals surface area contributed by atoms with E-state index >= 15 is 0 Å². The molecule has 72 valence electrons. The molecule has 0 aliphatic heterocycles. The number of rotatable bonds is 5. The molecule has 2 atom stereocenters. The second-order valence-electron chi connectivity index (χ2n) is 4.11. The number of nitrogens with two attached hydrogens (primary N) is 1. The van der Waals surface area contributed by atoms with Gasteiger partial charge in [-0.3, -0.25) is 0 Å². The third-order valence-electron chi connectivity index (χ3n) is 2.49. The van der Waals surface area contributed by atoms with Gasteiger partial charge in [-0.1, -0.05) is 0 Å². The first-order chi connectivity index (χ1) is 5.58. The summed E-state index contributed by atoms with van der Waals surface area (Å²) in [4.78, 5) is 0. The van der Waals surface area contributed by atoms with Crippen LogP contribution in [0.4, 0.5) is 0 Å². The van der Waals surface area contributed by atoms with Gasteiger partial charge in [0, 0.05) is 18.1 Å². The van der Waals surface area contributed by atoms with Crippen molar-refractivity contribution < 1.29 is 5.11 Å². The third kappa shape index (κ3) is 2.73. The van der Waals surface area contributed by atoms with Crippen LogP contribution in [0.15, 0.2) is 0 Å². The molecule has 1 rings (SSSR count). The molecule has 0 aromatic carbocycles. The normalized spacial score (nSPS) is 25.0. The Kier molecular flexibility index (Phi) is 3.09. The molecule has 1 aliphatic rings. The number of hydrogen-bond acceptors (Lipinski definition) is 3. The van der Waals surface area contributed by atoms with Gasteiger partial charge in [-0.15, -0.1) is 0 Å². The molecule has 1 saturated carbocycles. The first-order valence-electron chi connectivity index (χ1n) is 4.74. The maximum atomic E-state index is 9.14. The fourth-order valence-corrected chi connectivity index (χ4v) is 1.65. The number of nitrogens with one attached hydrogen (secondary N) is 1. The lowest BCUT2D eigenvalue weighted by Crippen LogP contribution is -2.44. The summed E-state index contributed by atoms with van der Waals surface area (Å²) in [6, 6.07) is 0.371. The van der Waals surface area contributed by atoms with E-state index in [0.717, 1.165) is 13.0 Å². The van der Waals surface area contributed by atoms with Crippen LogP contribution in [0.1, 0.15) is 33.1 Å². The van der Waals surface area contributed by atoms with Crippen LogP contribution in [0, 0.1) is 0 Å².